The maximum absolute atomic E-state index is 13.0. The van der Waals surface area contributed by atoms with E-state index in [1.165, 1.54) is 6.07 Å². The van der Waals surface area contributed by atoms with Crippen LogP contribution in [0, 0.1) is 6.92 Å². The molecule has 2 heterocycles. The highest BCUT2D eigenvalue weighted by Gasteiger charge is 2.21. The average Bonchev–Trinajstić information content (AvgIpc) is 3.37. The van der Waals surface area contributed by atoms with Gasteiger partial charge in [0.1, 0.15) is 11.3 Å². The van der Waals surface area contributed by atoms with Gasteiger partial charge in [-0.3, -0.25) is 9.59 Å². The van der Waals surface area contributed by atoms with E-state index in [2.05, 4.69) is 5.32 Å². The summed E-state index contributed by atoms with van der Waals surface area (Å²) in [5, 5.41) is 3.06. The van der Waals surface area contributed by atoms with Crippen molar-refractivity contribution in [1.29, 1.82) is 0 Å². The minimum absolute atomic E-state index is 0.0680. The lowest BCUT2D eigenvalue weighted by atomic mass is 10.0. The Morgan fingerprint density at radius 1 is 1.00 bits per heavy atom. The van der Waals surface area contributed by atoms with Crippen molar-refractivity contribution in [3.05, 3.63) is 93.6 Å². The molecule has 0 aliphatic carbocycles. The van der Waals surface area contributed by atoms with E-state index in [1.807, 2.05) is 43.3 Å². The summed E-state index contributed by atoms with van der Waals surface area (Å²) in [6, 6.07) is 18.9. The molecule has 1 amide bonds. The van der Waals surface area contributed by atoms with Crippen molar-refractivity contribution in [3.8, 4) is 22.8 Å². The first kappa shape index (κ1) is 23.2. The van der Waals surface area contributed by atoms with Gasteiger partial charge >= 0.3 is 5.97 Å². The van der Waals surface area contributed by atoms with Crippen LogP contribution in [0.2, 0.25) is 0 Å². The van der Waals surface area contributed by atoms with Crippen LogP contribution < -0.4 is 20.2 Å². The lowest BCUT2D eigenvalue weighted by Gasteiger charge is -2.15. The summed E-state index contributed by atoms with van der Waals surface area (Å²) in [7, 11) is 0. The van der Waals surface area contributed by atoms with Crippen molar-refractivity contribution in [3.63, 3.8) is 0 Å². The van der Waals surface area contributed by atoms with Crippen LogP contribution in [-0.2, 0) is 9.53 Å². The monoisotopic (exact) mass is 485 g/mol. The molecule has 0 saturated carbocycles. The Balaban J connectivity index is 1.32. The summed E-state index contributed by atoms with van der Waals surface area (Å²) in [4.78, 5) is 38.4. The van der Waals surface area contributed by atoms with E-state index >= 15 is 0 Å². The second-order valence-corrected chi connectivity index (χ2v) is 8.41. The molecule has 0 bridgehead atoms. The van der Waals surface area contributed by atoms with Crippen molar-refractivity contribution >= 4 is 22.8 Å². The van der Waals surface area contributed by atoms with E-state index in [-0.39, 0.29) is 34.8 Å². The van der Waals surface area contributed by atoms with E-state index in [1.54, 1.807) is 31.2 Å². The van der Waals surface area contributed by atoms with Gasteiger partial charge in [0, 0.05) is 11.1 Å². The van der Waals surface area contributed by atoms with Crippen LogP contribution in [0.4, 0.5) is 0 Å². The molecule has 3 aromatic carbocycles. The second-order valence-electron chi connectivity index (χ2n) is 8.41. The zero-order valence-corrected chi connectivity index (χ0v) is 19.7. The highest BCUT2D eigenvalue weighted by atomic mass is 16.7. The summed E-state index contributed by atoms with van der Waals surface area (Å²) in [6.07, 6.45) is 0. The van der Waals surface area contributed by atoms with E-state index in [9.17, 15) is 14.4 Å². The predicted octanol–water partition coefficient (Wildman–Crippen LogP) is 4.53. The third-order valence-electron chi connectivity index (χ3n) is 6.01. The van der Waals surface area contributed by atoms with E-state index in [0.29, 0.717) is 28.4 Å². The fourth-order valence-corrected chi connectivity index (χ4v) is 4.09. The Morgan fingerprint density at radius 2 is 1.78 bits per heavy atom. The first-order valence-electron chi connectivity index (χ1n) is 11.4. The number of carbonyl (C=O) groups is 2. The number of benzene rings is 3. The minimum Gasteiger partial charge on any atom is -0.455 e. The summed E-state index contributed by atoms with van der Waals surface area (Å²) in [5.74, 6) is 0.401. The molecule has 0 radical (unpaired) electrons. The number of amides is 1. The summed E-state index contributed by atoms with van der Waals surface area (Å²) in [5.41, 5.74) is 1.92. The van der Waals surface area contributed by atoms with Gasteiger partial charge in [-0.05, 0) is 43.7 Å². The van der Waals surface area contributed by atoms with Crippen LogP contribution in [0.25, 0.3) is 22.3 Å². The van der Waals surface area contributed by atoms with E-state index in [0.717, 1.165) is 5.56 Å². The van der Waals surface area contributed by atoms with Crippen LogP contribution in [0.1, 0.15) is 34.5 Å². The number of hydrogen-bond donors (Lipinski definition) is 1. The lowest BCUT2D eigenvalue weighted by molar-refractivity contribution is -0.124. The van der Waals surface area contributed by atoms with Gasteiger partial charge in [-0.2, -0.15) is 0 Å². The number of hydrogen-bond acceptors (Lipinski definition) is 7. The Labute approximate surface area is 206 Å². The first-order valence-corrected chi connectivity index (χ1v) is 11.4. The lowest BCUT2D eigenvalue weighted by Crippen LogP contribution is -2.31. The quantitative estimate of drug-likeness (QED) is 0.400. The van der Waals surface area contributed by atoms with Gasteiger partial charge in [-0.25, -0.2) is 4.79 Å². The minimum atomic E-state index is -0.766. The zero-order chi connectivity index (χ0) is 25.2. The molecule has 1 aliphatic rings. The summed E-state index contributed by atoms with van der Waals surface area (Å²) in [6.45, 7) is 3.16. The fourth-order valence-electron chi connectivity index (χ4n) is 4.09. The van der Waals surface area contributed by atoms with Crippen LogP contribution in [0.3, 0.4) is 0 Å². The third kappa shape index (κ3) is 4.40. The Bertz CT molecular complexity index is 1520. The fraction of sp³-hybridized carbons (Fsp3) is 0.179. The molecule has 1 atom stereocenters. The van der Waals surface area contributed by atoms with Gasteiger partial charge < -0.3 is 23.9 Å². The molecular formula is C28H23NO7. The summed E-state index contributed by atoms with van der Waals surface area (Å²) < 4.78 is 22.0. The molecule has 0 saturated heterocycles. The topological polar surface area (TPSA) is 104 Å². The number of carbonyl (C=O) groups excluding carboxylic acids is 2. The zero-order valence-electron chi connectivity index (χ0n) is 19.7. The SMILES string of the molecule is Cc1c(-c2ccccc2)oc2c(C(=O)OCC(=O)N[C@H](C)c3ccc4c(c3)OCO4)cccc2c1=O. The Morgan fingerprint density at radius 3 is 2.58 bits per heavy atom. The molecule has 182 valence electrons. The second kappa shape index (κ2) is 9.58. The van der Waals surface area contributed by atoms with Gasteiger partial charge in [0.2, 0.25) is 6.79 Å². The number of ether oxygens (including phenoxy) is 3. The molecule has 8 nitrogen and oxygen atoms in total. The molecule has 4 aromatic rings. The van der Waals surface area contributed by atoms with Gasteiger partial charge in [0.05, 0.1) is 11.4 Å². The number of fused-ring (bicyclic) bond motifs is 2. The van der Waals surface area contributed by atoms with Gasteiger partial charge in [0.15, 0.2) is 29.1 Å². The normalized spacial score (nSPS) is 12.8. The molecule has 0 spiro atoms. The van der Waals surface area contributed by atoms with Crippen LogP contribution >= 0.6 is 0 Å². The highest BCUT2D eigenvalue weighted by molar-refractivity contribution is 6.02. The standard InChI is InChI=1S/C28H23NO7/c1-16-25(31)20-9-6-10-21(27(20)36-26(16)18-7-4-3-5-8-18)28(32)33-14-24(30)29-17(2)19-11-12-22-23(13-19)35-15-34-22/h3-13,17H,14-15H2,1-2H3,(H,29,30)/t17-/m1/s1. The van der Waals surface area contributed by atoms with Gasteiger partial charge in [0.25, 0.3) is 5.91 Å². The van der Waals surface area contributed by atoms with Crippen molar-refractivity contribution in [1.82, 2.24) is 5.32 Å². The molecule has 8 heteroatoms. The van der Waals surface area contributed by atoms with Gasteiger partial charge in [-0.15, -0.1) is 0 Å². The molecule has 5 rings (SSSR count). The van der Waals surface area contributed by atoms with Crippen molar-refractivity contribution in [2.45, 2.75) is 19.9 Å². The molecule has 1 N–H and O–H groups in total. The predicted molar refractivity (Wildman–Crippen MR) is 132 cm³/mol. The molecule has 1 aromatic heterocycles. The van der Waals surface area contributed by atoms with Crippen LogP contribution in [-0.4, -0.2) is 25.3 Å². The number of nitrogens with one attached hydrogen (secondary N) is 1. The van der Waals surface area contributed by atoms with Crippen molar-refractivity contribution in [2.75, 3.05) is 13.4 Å². The van der Waals surface area contributed by atoms with Crippen molar-refractivity contribution < 1.29 is 28.2 Å². The molecule has 0 unspecified atom stereocenters. The van der Waals surface area contributed by atoms with Crippen molar-refractivity contribution in [2.24, 2.45) is 0 Å². The third-order valence-corrected chi connectivity index (χ3v) is 6.01. The summed E-state index contributed by atoms with van der Waals surface area (Å²) >= 11 is 0. The highest BCUT2D eigenvalue weighted by Crippen LogP contribution is 2.34. The Hall–Kier alpha value is -4.59. The molecular weight excluding hydrogens is 462 g/mol. The van der Waals surface area contributed by atoms with E-state index < -0.39 is 18.5 Å². The average molecular weight is 485 g/mol. The van der Waals surface area contributed by atoms with E-state index in [4.69, 9.17) is 18.6 Å². The maximum Gasteiger partial charge on any atom is 0.342 e. The number of rotatable bonds is 6. The van der Waals surface area contributed by atoms with Crippen LogP contribution in [0.5, 0.6) is 11.5 Å². The largest absolute Gasteiger partial charge is 0.455 e. The van der Waals surface area contributed by atoms with Gasteiger partial charge in [-0.1, -0.05) is 42.5 Å². The molecule has 36 heavy (non-hydrogen) atoms. The Kier molecular flexibility index (Phi) is 6.16. The first-order chi connectivity index (χ1) is 17.4. The number of para-hydroxylation sites is 1. The smallest absolute Gasteiger partial charge is 0.342 e. The molecule has 1 aliphatic heterocycles. The molecule has 0 fully saturated rings. The van der Waals surface area contributed by atoms with Crippen LogP contribution in [0.15, 0.2) is 75.9 Å². The maximum atomic E-state index is 13.0. The number of esters is 1.